The molecule has 25 heavy (non-hydrogen) atoms. The van der Waals surface area contributed by atoms with E-state index in [0.717, 1.165) is 31.2 Å². The predicted octanol–water partition coefficient (Wildman–Crippen LogP) is 2.57. The lowest BCUT2D eigenvalue weighted by molar-refractivity contribution is 0.0749. The number of carbonyl (C=O) groups is 1. The van der Waals surface area contributed by atoms with E-state index in [1.165, 1.54) is 17.9 Å². The zero-order valence-corrected chi connectivity index (χ0v) is 14.7. The largest absolute Gasteiger partial charge is 0.494 e. The van der Waals surface area contributed by atoms with E-state index >= 15 is 0 Å². The van der Waals surface area contributed by atoms with Gasteiger partial charge >= 0.3 is 0 Å². The summed E-state index contributed by atoms with van der Waals surface area (Å²) < 4.78 is 6.55. The number of rotatable bonds is 3. The molecule has 0 aliphatic carbocycles. The first kappa shape index (κ1) is 17.2. The fraction of sp³-hybridized carbons (Fsp3) is 0.421. The molecule has 3 rings (SSSR count). The summed E-state index contributed by atoms with van der Waals surface area (Å²) >= 11 is 0. The number of ether oxygens (including phenoxy) is 1. The van der Waals surface area contributed by atoms with Crippen LogP contribution in [0.4, 0.5) is 0 Å². The van der Waals surface area contributed by atoms with Crippen molar-refractivity contribution in [1.29, 1.82) is 0 Å². The Morgan fingerprint density at radius 3 is 2.44 bits per heavy atom. The Morgan fingerprint density at radius 1 is 1.12 bits per heavy atom. The number of aryl methyl sites for hydroxylation is 1. The maximum atomic E-state index is 13.0. The van der Waals surface area contributed by atoms with Gasteiger partial charge in [0.1, 0.15) is 0 Å². The maximum Gasteiger partial charge on any atom is 0.278 e. The van der Waals surface area contributed by atoms with Crippen LogP contribution in [0.2, 0.25) is 0 Å². The molecule has 0 atom stereocenters. The van der Waals surface area contributed by atoms with Gasteiger partial charge in [-0.25, -0.2) is 0 Å². The van der Waals surface area contributed by atoms with Gasteiger partial charge in [-0.2, -0.15) is 9.78 Å². The third-order valence-electron chi connectivity index (χ3n) is 4.56. The lowest BCUT2D eigenvalue weighted by Gasteiger charge is -2.21. The van der Waals surface area contributed by atoms with Gasteiger partial charge in [-0.15, -0.1) is 0 Å². The number of aromatic nitrogens is 2. The molecule has 1 fully saturated rings. The molecule has 0 radical (unpaired) electrons. The van der Waals surface area contributed by atoms with E-state index < -0.39 is 0 Å². The average molecular weight is 341 g/mol. The zero-order chi connectivity index (χ0) is 17.8. The Kier molecular flexibility index (Phi) is 5.16. The van der Waals surface area contributed by atoms with E-state index in [1.807, 2.05) is 36.1 Å². The van der Waals surface area contributed by atoms with Crippen molar-refractivity contribution in [3.63, 3.8) is 0 Å². The van der Waals surface area contributed by atoms with E-state index in [9.17, 15) is 9.59 Å². The van der Waals surface area contributed by atoms with Crippen molar-refractivity contribution in [2.45, 2.75) is 32.6 Å². The minimum atomic E-state index is -0.321. The number of hydrogen-bond donors (Lipinski definition) is 0. The molecule has 1 amide bonds. The predicted molar refractivity (Wildman–Crippen MR) is 95.5 cm³/mol. The minimum Gasteiger partial charge on any atom is -0.494 e. The molecule has 1 aliphatic rings. The van der Waals surface area contributed by atoms with Crippen molar-refractivity contribution in [1.82, 2.24) is 14.7 Å². The molecule has 0 N–H and O–H groups in total. The molecule has 1 saturated heterocycles. The SMILES string of the molecule is COc1cc(=O)n(-c2ccccc2C)nc1C(=O)N1CCCCCC1. The second kappa shape index (κ2) is 7.51. The van der Waals surface area contributed by atoms with E-state index in [4.69, 9.17) is 4.74 Å². The van der Waals surface area contributed by atoms with Crippen LogP contribution in [-0.2, 0) is 0 Å². The molecule has 6 heteroatoms. The van der Waals surface area contributed by atoms with Gasteiger partial charge in [-0.1, -0.05) is 31.0 Å². The summed E-state index contributed by atoms with van der Waals surface area (Å²) in [6.45, 7) is 3.34. The quantitative estimate of drug-likeness (QED) is 0.861. The van der Waals surface area contributed by atoms with Gasteiger partial charge < -0.3 is 9.64 Å². The Morgan fingerprint density at radius 2 is 1.80 bits per heavy atom. The lowest BCUT2D eigenvalue weighted by Crippen LogP contribution is -2.35. The number of likely N-dealkylation sites (tertiary alicyclic amines) is 1. The van der Waals surface area contributed by atoms with Crippen LogP contribution in [0.3, 0.4) is 0 Å². The fourth-order valence-electron chi connectivity index (χ4n) is 3.14. The average Bonchev–Trinajstić information content (AvgIpc) is 2.91. The zero-order valence-electron chi connectivity index (χ0n) is 14.7. The number of carbonyl (C=O) groups excluding carboxylic acids is 1. The molecule has 0 bridgehead atoms. The highest BCUT2D eigenvalue weighted by Gasteiger charge is 2.24. The topological polar surface area (TPSA) is 64.4 Å². The molecular weight excluding hydrogens is 318 g/mol. The minimum absolute atomic E-state index is 0.180. The molecule has 2 heterocycles. The van der Waals surface area contributed by atoms with Crippen LogP contribution in [0, 0.1) is 6.92 Å². The summed E-state index contributed by atoms with van der Waals surface area (Å²) in [7, 11) is 1.45. The molecule has 0 spiro atoms. The summed E-state index contributed by atoms with van der Waals surface area (Å²) in [5.74, 6) is 0.0464. The second-order valence-corrected chi connectivity index (χ2v) is 6.30. The standard InChI is InChI=1S/C19H23N3O3/c1-14-9-5-6-10-15(14)22-17(23)13-16(25-2)18(20-22)19(24)21-11-7-3-4-8-12-21/h5-6,9-10,13H,3-4,7-8,11-12H2,1-2H3. The van der Waals surface area contributed by atoms with Gasteiger partial charge in [-0.3, -0.25) is 9.59 Å². The van der Waals surface area contributed by atoms with Crippen LogP contribution in [0.5, 0.6) is 5.75 Å². The highest BCUT2D eigenvalue weighted by Crippen LogP contribution is 2.20. The van der Waals surface area contributed by atoms with Crippen LogP contribution >= 0.6 is 0 Å². The van der Waals surface area contributed by atoms with E-state index in [2.05, 4.69) is 5.10 Å². The number of hydrogen-bond acceptors (Lipinski definition) is 4. The molecule has 2 aromatic rings. The summed E-state index contributed by atoms with van der Waals surface area (Å²) in [5, 5.41) is 4.37. The fourth-order valence-corrected chi connectivity index (χ4v) is 3.14. The monoisotopic (exact) mass is 341 g/mol. The second-order valence-electron chi connectivity index (χ2n) is 6.30. The van der Waals surface area contributed by atoms with Gasteiger partial charge in [0, 0.05) is 13.1 Å². The molecule has 132 valence electrons. The molecule has 1 aromatic carbocycles. The molecule has 1 aromatic heterocycles. The van der Waals surface area contributed by atoms with Crippen molar-refractivity contribution in [2.75, 3.05) is 20.2 Å². The van der Waals surface area contributed by atoms with Crippen molar-refractivity contribution in [3.05, 3.63) is 51.9 Å². The lowest BCUT2D eigenvalue weighted by atomic mass is 10.2. The van der Waals surface area contributed by atoms with E-state index in [1.54, 1.807) is 0 Å². The number of para-hydroxylation sites is 1. The van der Waals surface area contributed by atoms with Crippen LogP contribution in [0.15, 0.2) is 35.1 Å². The Balaban J connectivity index is 2.06. The van der Waals surface area contributed by atoms with Crippen LogP contribution < -0.4 is 10.3 Å². The smallest absolute Gasteiger partial charge is 0.278 e. The molecule has 6 nitrogen and oxygen atoms in total. The van der Waals surface area contributed by atoms with Crippen LogP contribution in [0.25, 0.3) is 5.69 Å². The third-order valence-corrected chi connectivity index (χ3v) is 4.56. The van der Waals surface area contributed by atoms with Gasteiger partial charge in [0.25, 0.3) is 11.5 Å². The van der Waals surface area contributed by atoms with Crippen molar-refractivity contribution in [2.24, 2.45) is 0 Å². The van der Waals surface area contributed by atoms with Gasteiger partial charge in [0.05, 0.1) is 18.9 Å². The maximum absolute atomic E-state index is 13.0. The molecule has 0 saturated carbocycles. The number of benzene rings is 1. The van der Waals surface area contributed by atoms with Crippen molar-refractivity contribution >= 4 is 5.91 Å². The Labute approximate surface area is 147 Å². The van der Waals surface area contributed by atoms with Crippen LogP contribution in [0.1, 0.15) is 41.7 Å². The molecule has 0 unspecified atom stereocenters. The van der Waals surface area contributed by atoms with Crippen molar-refractivity contribution < 1.29 is 9.53 Å². The first-order chi connectivity index (χ1) is 12.1. The highest BCUT2D eigenvalue weighted by molar-refractivity contribution is 5.94. The van der Waals surface area contributed by atoms with Gasteiger partial charge in [0.15, 0.2) is 11.4 Å². The first-order valence-electron chi connectivity index (χ1n) is 8.65. The molecular formula is C19H23N3O3. The number of amides is 1. The van der Waals surface area contributed by atoms with Crippen molar-refractivity contribution in [3.8, 4) is 11.4 Å². The normalized spacial score (nSPS) is 14.9. The Hall–Kier alpha value is -2.63. The number of nitrogens with zero attached hydrogens (tertiary/aromatic N) is 3. The highest BCUT2D eigenvalue weighted by atomic mass is 16.5. The number of methoxy groups -OCH3 is 1. The van der Waals surface area contributed by atoms with E-state index in [-0.39, 0.29) is 22.9 Å². The van der Waals surface area contributed by atoms with Gasteiger partial charge in [0.2, 0.25) is 0 Å². The first-order valence-corrected chi connectivity index (χ1v) is 8.65. The summed E-state index contributed by atoms with van der Waals surface area (Å²) in [6, 6.07) is 8.80. The Bertz CT molecular complexity index is 821. The summed E-state index contributed by atoms with van der Waals surface area (Å²) in [5.41, 5.74) is 1.45. The molecule has 1 aliphatic heterocycles. The summed E-state index contributed by atoms with van der Waals surface area (Å²) in [4.78, 5) is 27.2. The van der Waals surface area contributed by atoms with Crippen LogP contribution in [-0.4, -0.2) is 40.8 Å². The van der Waals surface area contributed by atoms with Gasteiger partial charge in [-0.05, 0) is 31.4 Å². The van der Waals surface area contributed by atoms with E-state index in [0.29, 0.717) is 18.8 Å². The third kappa shape index (κ3) is 3.57. The summed E-state index contributed by atoms with van der Waals surface area (Å²) in [6.07, 6.45) is 4.26.